The van der Waals surface area contributed by atoms with Gasteiger partial charge in [-0.25, -0.2) is 14.2 Å². The van der Waals surface area contributed by atoms with Gasteiger partial charge in [-0.1, -0.05) is 82.2 Å². The van der Waals surface area contributed by atoms with Crippen LogP contribution in [0.25, 0.3) is 0 Å². The van der Waals surface area contributed by atoms with Crippen molar-refractivity contribution in [2.75, 3.05) is 26.4 Å². The molecule has 1 aromatic rings. The van der Waals surface area contributed by atoms with E-state index in [0.29, 0.717) is 30.1 Å². The minimum absolute atomic E-state index is 0.285. The van der Waals surface area contributed by atoms with Crippen molar-refractivity contribution in [3.05, 3.63) is 53.1 Å². The Morgan fingerprint density at radius 3 is 1.31 bits per heavy atom. The van der Waals surface area contributed by atoms with Gasteiger partial charge in [0.05, 0.1) is 26.4 Å². The van der Waals surface area contributed by atoms with Crippen molar-refractivity contribution < 1.29 is 37.2 Å². The van der Waals surface area contributed by atoms with Crippen LogP contribution in [0.5, 0.6) is 5.75 Å². The second-order valence-electron chi connectivity index (χ2n) is 11.0. The van der Waals surface area contributed by atoms with Gasteiger partial charge in [0.15, 0.2) is 0 Å². The summed E-state index contributed by atoms with van der Waals surface area (Å²) in [5.41, 5.74) is 3.73. The van der Waals surface area contributed by atoms with Crippen LogP contribution in [0.15, 0.2) is 36.4 Å². The lowest BCUT2D eigenvalue weighted by Crippen LogP contribution is -2.07. The van der Waals surface area contributed by atoms with Crippen molar-refractivity contribution in [2.45, 2.75) is 112 Å². The maximum atomic E-state index is 13.6. The molecule has 8 nitrogen and oxygen atoms in total. The van der Waals surface area contributed by atoms with Crippen LogP contribution in [0.2, 0.25) is 0 Å². The second-order valence-corrected chi connectivity index (χ2v) is 12.6. The average Bonchev–Trinajstić information content (AvgIpc) is 2.92. The molecule has 0 fully saturated rings. The highest BCUT2D eigenvalue weighted by molar-refractivity contribution is 7.48. The molecule has 0 N–H and O–H groups in total. The Morgan fingerprint density at radius 1 is 0.619 bits per heavy atom. The molecule has 238 valence electrons. The third-order valence-corrected chi connectivity index (χ3v) is 7.95. The smallest absolute Gasteiger partial charge is 0.462 e. The van der Waals surface area contributed by atoms with E-state index in [0.717, 1.165) is 93.7 Å². The van der Waals surface area contributed by atoms with Crippen LogP contribution in [0.4, 0.5) is 0 Å². The molecular formula is C33H53O8P. The highest BCUT2D eigenvalue weighted by Gasteiger charge is 2.30. The first-order chi connectivity index (χ1) is 19.9. The maximum Gasteiger partial charge on any atom is 0.530 e. The van der Waals surface area contributed by atoms with Crippen LogP contribution in [-0.2, 0) is 32.7 Å². The van der Waals surface area contributed by atoms with Crippen LogP contribution in [0.1, 0.15) is 108 Å². The van der Waals surface area contributed by atoms with E-state index in [1.54, 1.807) is 13.8 Å². The zero-order chi connectivity index (χ0) is 31.4. The van der Waals surface area contributed by atoms with Crippen molar-refractivity contribution >= 4 is 19.8 Å². The van der Waals surface area contributed by atoms with Gasteiger partial charge in [0, 0.05) is 11.1 Å². The summed E-state index contributed by atoms with van der Waals surface area (Å²) in [5.74, 6) is -0.135. The number of hydrogen-bond donors (Lipinski definition) is 0. The predicted octanol–water partition coefficient (Wildman–Crippen LogP) is 9.05. The number of rotatable bonds is 24. The van der Waals surface area contributed by atoms with Crippen LogP contribution in [0, 0.1) is 20.8 Å². The van der Waals surface area contributed by atoms with E-state index in [2.05, 4.69) is 13.2 Å². The first kappa shape index (κ1) is 37.6. The molecule has 0 atom stereocenters. The van der Waals surface area contributed by atoms with Gasteiger partial charge >= 0.3 is 19.8 Å². The van der Waals surface area contributed by atoms with E-state index in [1.807, 2.05) is 32.9 Å². The number of hydrogen-bond acceptors (Lipinski definition) is 8. The molecule has 0 aliphatic rings. The summed E-state index contributed by atoms with van der Waals surface area (Å²) in [6.07, 6.45) is 11.0. The fourth-order valence-electron chi connectivity index (χ4n) is 4.26. The molecule has 0 unspecified atom stereocenters. The van der Waals surface area contributed by atoms with Crippen LogP contribution >= 0.6 is 7.82 Å². The third-order valence-electron chi connectivity index (χ3n) is 6.55. The number of benzene rings is 1. The number of phosphoric ester groups is 1. The molecule has 1 aromatic carbocycles. The fraction of sp³-hybridized carbons (Fsp3) is 0.636. The summed E-state index contributed by atoms with van der Waals surface area (Å²) in [7, 11) is -3.80. The van der Waals surface area contributed by atoms with Gasteiger partial charge in [-0.2, -0.15) is 0 Å². The topological polar surface area (TPSA) is 97.4 Å². The highest BCUT2D eigenvalue weighted by atomic mass is 31.2. The molecule has 0 radical (unpaired) electrons. The monoisotopic (exact) mass is 608 g/mol. The third kappa shape index (κ3) is 16.9. The Kier molecular flexibility index (Phi) is 19.1. The Bertz CT molecular complexity index is 975. The van der Waals surface area contributed by atoms with Gasteiger partial charge in [-0.15, -0.1) is 0 Å². The Balaban J connectivity index is 2.41. The summed E-state index contributed by atoms with van der Waals surface area (Å²) in [5, 5.41) is 0. The van der Waals surface area contributed by atoms with Crippen molar-refractivity contribution in [2.24, 2.45) is 0 Å². The summed E-state index contributed by atoms with van der Waals surface area (Å²) in [4.78, 5) is 22.8. The molecule has 0 saturated carbocycles. The Hall–Kier alpha value is -2.41. The van der Waals surface area contributed by atoms with E-state index < -0.39 is 7.82 Å². The second kappa shape index (κ2) is 21.3. The van der Waals surface area contributed by atoms with Crippen LogP contribution in [0.3, 0.4) is 0 Å². The molecule has 0 spiro atoms. The largest absolute Gasteiger partial charge is 0.530 e. The van der Waals surface area contributed by atoms with Crippen molar-refractivity contribution in [1.29, 1.82) is 0 Å². The minimum Gasteiger partial charge on any atom is -0.462 e. The normalized spacial score (nSPS) is 11.3. The number of ether oxygens (including phenoxy) is 2. The summed E-state index contributed by atoms with van der Waals surface area (Å²) < 4.78 is 41.3. The minimum atomic E-state index is -3.80. The zero-order valence-electron chi connectivity index (χ0n) is 26.6. The Morgan fingerprint density at radius 2 is 0.952 bits per heavy atom. The molecule has 0 heterocycles. The van der Waals surface area contributed by atoms with E-state index >= 15 is 0 Å². The molecule has 0 amide bonds. The number of esters is 2. The Labute approximate surface area is 253 Å². The fourth-order valence-corrected chi connectivity index (χ4v) is 5.66. The van der Waals surface area contributed by atoms with E-state index in [1.165, 1.54) is 0 Å². The first-order valence-electron chi connectivity index (χ1n) is 15.3. The maximum absolute atomic E-state index is 13.6. The van der Waals surface area contributed by atoms with Gasteiger partial charge < -0.3 is 14.0 Å². The molecule has 0 aliphatic carbocycles. The van der Waals surface area contributed by atoms with Crippen LogP contribution < -0.4 is 4.52 Å². The van der Waals surface area contributed by atoms with Gasteiger partial charge in [0.1, 0.15) is 5.75 Å². The number of carbonyl (C=O) groups is 2. The molecule has 0 bridgehead atoms. The first-order valence-corrected chi connectivity index (χ1v) is 16.7. The number of aryl methyl sites for hydroxylation is 3. The molecule has 1 rings (SSSR count). The predicted molar refractivity (Wildman–Crippen MR) is 168 cm³/mol. The average molecular weight is 609 g/mol. The van der Waals surface area contributed by atoms with Gasteiger partial charge in [0.2, 0.25) is 0 Å². The van der Waals surface area contributed by atoms with Crippen molar-refractivity contribution in [3.63, 3.8) is 0 Å². The van der Waals surface area contributed by atoms with Crippen LogP contribution in [-0.4, -0.2) is 38.4 Å². The van der Waals surface area contributed by atoms with Gasteiger partial charge in [-0.05, 0) is 71.4 Å². The lowest BCUT2D eigenvalue weighted by Gasteiger charge is -2.21. The van der Waals surface area contributed by atoms with E-state index in [9.17, 15) is 14.2 Å². The molecule has 0 aromatic heterocycles. The quantitative estimate of drug-likeness (QED) is 0.0496. The van der Waals surface area contributed by atoms with E-state index in [-0.39, 0.29) is 25.2 Å². The van der Waals surface area contributed by atoms with E-state index in [4.69, 9.17) is 23.0 Å². The lowest BCUT2D eigenvalue weighted by molar-refractivity contribution is -0.139. The summed E-state index contributed by atoms with van der Waals surface area (Å²) >= 11 is 0. The highest BCUT2D eigenvalue weighted by Crippen LogP contribution is 2.51. The van der Waals surface area contributed by atoms with Gasteiger partial charge in [0.25, 0.3) is 0 Å². The summed E-state index contributed by atoms with van der Waals surface area (Å²) in [6, 6.07) is 3.98. The molecule has 42 heavy (non-hydrogen) atoms. The molecule has 0 aliphatic heterocycles. The number of phosphoric acid groups is 1. The number of unbranched alkanes of at least 4 members (excludes halogenated alkanes) is 10. The summed E-state index contributed by atoms with van der Waals surface area (Å²) in [6.45, 7) is 17.7. The SMILES string of the molecule is C=C(C)C(=O)OCCCCCCCCOP(=O)(OCCCCCCCCOC(=O)C(=C)C)Oc1c(C)cc(C)cc1C. The molecule has 9 heteroatoms. The van der Waals surface area contributed by atoms with Gasteiger partial charge in [-0.3, -0.25) is 9.05 Å². The standard InChI is InChI=1S/C33H53O8P/c1-26(2)32(34)37-20-16-12-8-10-14-18-22-39-42(36,41-31-29(6)24-28(5)25-30(31)7)40-23-19-15-11-9-13-17-21-38-33(35)27(3)4/h24-25H,1,3,8-23H2,2,4-7H3. The number of carbonyl (C=O) groups excluding carboxylic acids is 2. The van der Waals surface area contributed by atoms with Crippen molar-refractivity contribution in [3.8, 4) is 5.75 Å². The van der Waals surface area contributed by atoms with Crippen molar-refractivity contribution in [1.82, 2.24) is 0 Å². The zero-order valence-corrected chi connectivity index (χ0v) is 27.5. The lowest BCUT2D eigenvalue weighted by atomic mass is 10.1. The molecule has 0 saturated heterocycles. The molecular weight excluding hydrogens is 555 g/mol.